The summed E-state index contributed by atoms with van der Waals surface area (Å²) in [5.41, 5.74) is 0.977. The number of nitrogens with zero attached hydrogens (tertiary/aromatic N) is 1. The molecular formula is C18H20ClN3O3. The van der Waals surface area contributed by atoms with E-state index in [-0.39, 0.29) is 35.8 Å². The quantitative estimate of drug-likeness (QED) is 0.572. The van der Waals surface area contributed by atoms with Crippen LogP contribution in [0, 0.1) is 16.0 Å². The molecule has 0 unspecified atom stereocenters. The number of halogens is 1. The molecule has 1 amide bonds. The molecular weight excluding hydrogens is 342 g/mol. The van der Waals surface area contributed by atoms with Crippen molar-refractivity contribution in [2.24, 2.45) is 5.92 Å². The van der Waals surface area contributed by atoms with E-state index in [4.69, 9.17) is 11.6 Å². The number of hydrogen-bond donors (Lipinski definition) is 2. The SMILES string of the molecule is CC(C)[C@H](NCC(=O)Nc1cc(Cl)ccc1[N+](=O)[O-])c1ccccc1. The minimum atomic E-state index is -0.555. The molecule has 0 heterocycles. The molecule has 7 heteroatoms. The van der Waals surface area contributed by atoms with E-state index in [2.05, 4.69) is 24.5 Å². The summed E-state index contributed by atoms with van der Waals surface area (Å²) in [5, 5.41) is 17.1. The fourth-order valence-electron chi connectivity index (χ4n) is 2.56. The van der Waals surface area contributed by atoms with E-state index in [0.717, 1.165) is 5.56 Å². The minimum Gasteiger partial charge on any atom is -0.319 e. The Bertz CT molecular complexity index is 750. The van der Waals surface area contributed by atoms with Crippen molar-refractivity contribution in [3.8, 4) is 0 Å². The second kappa shape index (κ2) is 8.60. The Morgan fingerprint density at radius 1 is 1.20 bits per heavy atom. The molecule has 6 nitrogen and oxygen atoms in total. The third-order valence-electron chi connectivity index (χ3n) is 3.74. The highest BCUT2D eigenvalue weighted by Crippen LogP contribution is 2.27. The van der Waals surface area contributed by atoms with Gasteiger partial charge in [0.25, 0.3) is 5.69 Å². The third kappa shape index (κ3) is 5.27. The molecule has 0 fully saturated rings. The van der Waals surface area contributed by atoms with E-state index in [0.29, 0.717) is 5.02 Å². The van der Waals surface area contributed by atoms with Gasteiger partial charge in [0.1, 0.15) is 5.69 Å². The Hall–Kier alpha value is -2.44. The van der Waals surface area contributed by atoms with Crippen molar-refractivity contribution >= 4 is 28.9 Å². The Morgan fingerprint density at radius 3 is 2.48 bits per heavy atom. The van der Waals surface area contributed by atoms with Gasteiger partial charge in [-0.3, -0.25) is 14.9 Å². The van der Waals surface area contributed by atoms with Gasteiger partial charge in [-0.05, 0) is 23.6 Å². The molecule has 2 aromatic carbocycles. The van der Waals surface area contributed by atoms with Gasteiger partial charge in [-0.15, -0.1) is 0 Å². The van der Waals surface area contributed by atoms with Crippen LogP contribution in [0.5, 0.6) is 0 Å². The monoisotopic (exact) mass is 361 g/mol. The molecule has 0 aliphatic carbocycles. The highest BCUT2D eigenvalue weighted by Gasteiger charge is 2.19. The fourth-order valence-corrected chi connectivity index (χ4v) is 2.74. The maximum absolute atomic E-state index is 12.2. The second-order valence-electron chi connectivity index (χ2n) is 5.98. The number of carbonyl (C=O) groups excluding carboxylic acids is 1. The second-order valence-corrected chi connectivity index (χ2v) is 6.42. The predicted molar refractivity (Wildman–Crippen MR) is 98.8 cm³/mol. The van der Waals surface area contributed by atoms with Crippen LogP contribution in [-0.4, -0.2) is 17.4 Å². The molecule has 132 valence electrons. The van der Waals surface area contributed by atoms with Gasteiger partial charge in [0.2, 0.25) is 5.91 Å². The van der Waals surface area contributed by atoms with E-state index in [1.807, 2.05) is 30.3 Å². The van der Waals surface area contributed by atoms with Crippen LogP contribution in [0.2, 0.25) is 5.02 Å². The van der Waals surface area contributed by atoms with Gasteiger partial charge < -0.3 is 10.6 Å². The van der Waals surface area contributed by atoms with Crippen molar-refractivity contribution in [1.29, 1.82) is 0 Å². The molecule has 2 aromatic rings. The molecule has 0 aromatic heterocycles. The van der Waals surface area contributed by atoms with Crippen molar-refractivity contribution in [3.63, 3.8) is 0 Å². The normalized spacial score (nSPS) is 12.0. The lowest BCUT2D eigenvalue weighted by molar-refractivity contribution is -0.383. The lowest BCUT2D eigenvalue weighted by Crippen LogP contribution is -2.33. The number of amides is 1. The van der Waals surface area contributed by atoms with Crippen LogP contribution in [0.15, 0.2) is 48.5 Å². The van der Waals surface area contributed by atoms with E-state index in [1.54, 1.807) is 0 Å². The number of nitro groups is 1. The highest BCUT2D eigenvalue weighted by atomic mass is 35.5. The van der Waals surface area contributed by atoms with Gasteiger partial charge in [0.05, 0.1) is 11.5 Å². The summed E-state index contributed by atoms with van der Waals surface area (Å²) in [6.07, 6.45) is 0. The van der Waals surface area contributed by atoms with Gasteiger partial charge >= 0.3 is 0 Å². The lowest BCUT2D eigenvalue weighted by Gasteiger charge is -2.22. The van der Waals surface area contributed by atoms with E-state index >= 15 is 0 Å². The standard InChI is InChI=1S/C18H20ClN3O3/c1-12(2)18(13-6-4-3-5-7-13)20-11-17(23)21-15-10-14(19)8-9-16(15)22(24)25/h3-10,12,18,20H,11H2,1-2H3,(H,21,23)/t18-/m0/s1. The van der Waals surface area contributed by atoms with Gasteiger partial charge in [0, 0.05) is 17.1 Å². The van der Waals surface area contributed by atoms with E-state index in [9.17, 15) is 14.9 Å². The number of carbonyl (C=O) groups is 1. The molecule has 1 atom stereocenters. The first kappa shape index (κ1) is 18.9. The minimum absolute atomic E-state index is 0.00120. The zero-order valence-corrected chi connectivity index (χ0v) is 14.8. The maximum Gasteiger partial charge on any atom is 0.292 e. The van der Waals surface area contributed by atoms with Crippen LogP contribution in [0.1, 0.15) is 25.5 Å². The summed E-state index contributed by atoms with van der Waals surface area (Å²) in [5.74, 6) is -0.0948. The summed E-state index contributed by atoms with van der Waals surface area (Å²) in [7, 11) is 0. The first-order valence-corrected chi connectivity index (χ1v) is 8.28. The topological polar surface area (TPSA) is 84.3 Å². The largest absolute Gasteiger partial charge is 0.319 e. The van der Waals surface area contributed by atoms with Crippen molar-refractivity contribution in [2.75, 3.05) is 11.9 Å². The lowest BCUT2D eigenvalue weighted by atomic mass is 9.96. The number of benzene rings is 2. The number of nitrogens with one attached hydrogen (secondary N) is 2. The Kier molecular flexibility index (Phi) is 6.50. The fraction of sp³-hybridized carbons (Fsp3) is 0.278. The molecule has 2 N–H and O–H groups in total. The summed E-state index contributed by atoms with van der Waals surface area (Å²) < 4.78 is 0. The molecule has 0 radical (unpaired) electrons. The van der Waals surface area contributed by atoms with E-state index < -0.39 is 4.92 Å². The Morgan fingerprint density at radius 2 is 1.88 bits per heavy atom. The van der Waals surface area contributed by atoms with Crippen molar-refractivity contribution in [3.05, 3.63) is 69.2 Å². The zero-order chi connectivity index (χ0) is 18.4. The van der Waals surface area contributed by atoms with Crippen molar-refractivity contribution < 1.29 is 9.72 Å². The molecule has 0 aliphatic rings. The summed E-state index contributed by atoms with van der Waals surface area (Å²) in [4.78, 5) is 22.7. The molecule has 0 bridgehead atoms. The zero-order valence-electron chi connectivity index (χ0n) is 14.0. The highest BCUT2D eigenvalue weighted by molar-refractivity contribution is 6.31. The first-order chi connectivity index (χ1) is 11.9. The van der Waals surface area contributed by atoms with Crippen LogP contribution in [0.25, 0.3) is 0 Å². The molecule has 0 aliphatic heterocycles. The van der Waals surface area contributed by atoms with Crippen LogP contribution in [-0.2, 0) is 4.79 Å². The smallest absolute Gasteiger partial charge is 0.292 e. The maximum atomic E-state index is 12.2. The number of anilines is 1. The first-order valence-electron chi connectivity index (χ1n) is 7.90. The van der Waals surface area contributed by atoms with Crippen LogP contribution in [0.3, 0.4) is 0 Å². The van der Waals surface area contributed by atoms with Crippen molar-refractivity contribution in [2.45, 2.75) is 19.9 Å². The molecule has 0 saturated carbocycles. The average Bonchev–Trinajstić information content (AvgIpc) is 2.55. The third-order valence-corrected chi connectivity index (χ3v) is 3.97. The van der Waals surface area contributed by atoms with Gasteiger partial charge in [-0.25, -0.2) is 0 Å². The summed E-state index contributed by atoms with van der Waals surface area (Å²) >= 11 is 5.86. The Balaban J connectivity index is 2.05. The number of nitro benzene ring substituents is 1. The number of hydrogen-bond acceptors (Lipinski definition) is 4. The molecule has 2 rings (SSSR count). The summed E-state index contributed by atoms with van der Waals surface area (Å²) in [6.45, 7) is 4.15. The average molecular weight is 362 g/mol. The molecule has 0 saturated heterocycles. The summed E-state index contributed by atoms with van der Waals surface area (Å²) in [6, 6.07) is 13.9. The van der Waals surface area contributed by atoms with Gasteiger partial charge in [-0.2, -0.15) is 0 Å². The Labute approximate surface area is 151 Å². The van der Waals surface area contributed by atoms with Crippen molar-refractivity contribution in [1.82, 2.24) is 5.32 Å². The molecule has 0 spiro atoms. The molecule has 25 heavy (non-hydrogen) atoms. The predicted octanol–water partition coefficient (Wildman–Crippen LogP) is 4.17. The van der Waals surface area contributed by atoms with Crippen LogP contribution < -0.4 is 10.6 Å². The van der Waals surface area contributed by atoms with Gasteiger partial charge in [0.15, 0.2) is 0 Å². The number of rotatable bonds is 7. The van der Waals surface area contributed by atoms with E-state index in [1.165, 1.54) is 18.2 Å². The van der Waals surface area contributed by atoms with Crippen LogP contribution in [0.4, 0.5) is 11.4 Å². The van der Waals surface area contributed by atoms with Crippen LogP contribution >= 0.6 is 11.6 Å². The van der Waals surface area contributed by atoms with Gasteiger partial charge in [-0.1, -0.05) is 55.8 Å².